The van der Waals surface area contributed by atoms with Crippen LogP contribution >= 0.6 is 11.8 Å². The normalized spacial score (nSPS) is 12.1. The van der Waals surface area contributed by atoms with E-state index in [1.165, 1.54) is 0 Å². The third-order valence-electron chi connectivity index (χ3n) is 3.37. The van der Waals surface area contributed by atoms with Gasteiger partial charge in [-0.2, -0.15) is 0 Å². The molecule has 128 valence electrons. The predicted molar refractivity (Wildman–Crippen MR) is 92.5 cm³/mol. The van der Waals surface area contributed by atoms with E-state index in [4.69, 9.17) is 4.74 Å². The molecule has 0 heterocycles. The average molecular weight is 351 g/mol. The maximum absolute atomic E-state index is 13.8. The van der Waals surface area contributed by atoms with E-state index in [9.17, 15) is 13.6 Å². The number of ether oxygens (including phenoxy) is 1. The summed E-state index contributed by atoms with van der Waals surface area (Å²) in [6.45, 7) is 3.73. The zero-order chi connectivity index (χ0) is 17.7. The fraction of sp³-hybridized carbons (Fsp3) is 0.278. The maximum Gasteiger partial charge on any atom is 0.238 e. The Morgan fingerprint density at radius 2 is 1.79 bits per heavy atom. The first-order chi connectivity index (χ1) is 11.4. The summed E-state index contributed by atoms with van der Waals surface area (Å²) < 4.78 is 32.2. The largest absolute Gasteiger partial charge is 0.497 e. The van der Waals surface area contributed by atoms with E-state index in [0.717, 1.165) is 30.0 Å². The molecule has 2 aromatic rings. The van der Waals surface area contributed by atoms with E-state index in [2.05, 4.69) is 5.32 Å². The number of carbonyl (C=O) groups is 1. The van der Waals surface area contributed by atoms with Crippen LogP contribution < -0.4 is 10.1 Å². The van der Waals surface area contributed by atoms with E-state index in [0.29, 0.717) is 11.4 Å². The van der Waals surface area contributed by atoms with Crippen LogP contribution in [0, 0.1) is 17.6 Å². The standard InChI is InChI=1S/C18H19F2NO2S/c1-11(2)17(24-16-10-12(19)4-9-15(16)20)18(22)21-13-5-7-14(23-3)8-6-13/h4-11,17H,1-3H3,(H,21,22). The molecule has 1 unspecified atom stereocenters. The van der Waals surface area contributed by atoms with Gasteiger partial charge in [0, 0.05) is 10.6 Å². The third kappa shape index (κ3) is 4.71. The number of rotatable bonds is 6. The van der Waals surface area contributed by atoms with Crippen molar-refractivity contribution in [2.45, 2.75) is 24.0 Å². The first-order valence-electron chi connectivity index (χ1n) is 7.47. The Morgan fingerprint density at radius 3 is 2.38 bits per heavy atom. The summed E-state index contributed by atoms with van der Waals surface area (Å²) in [5.74, 6) is -0.703. The number of anilines is 1. The Morgan fingerprint density at radius 1 is 1.12 bits per heavy atom. The molecule has 0 saturated heterocycles. The second-order valence-electron chi connectivity index (χ2n) is 5.57. The van der Waals surface area contributed by atoms with Gasteiger partial charge < -0.3 is 10.1 Å². The Bertz CT molecular complexity index is 705. The molecule has 3 nitrogen and oxygen atoms in total. The number of halogens is 2. The molecule has 0 saturated carbocycles. The fourth-order valence-corrected chi connectivity index (χ4v) is 3.16. The molecule has 0 aromatic heterocycles. The number of amides is 1. The topological polar surface area (TPSA) is 38.3 Å². The molecule has 0 aliphatic heterocycles. The van der Waals surface area contributed by atoms with E-state index in [1.807, 2.05) is 13.8 Å². The lowest BCUT2D eigenvalue weighted by atomic mass is 10.1. The Balaban J connectivity index is 2.13. The minimum absolute atomic E-state index is 0.0593. The van der Waals surface area contributed by atoms with Gasteiger partial charge in [0.25, 0.3) is 0 Å². The number of hydrogen-bond donors (Lipinski definition) is 1. The molecule has 0 aliphatic rings. The maximum atomic E-state index is 13.8. The number of nitrogens with one attached hydrogen (secondary N) is 1. The predicted octanol–water partition coefficient (Wildman–Crippen LogP) is 4.73. The molecule has 1 atom stereocenters. The van der Waals surface area contributed by atoms with Crippen molar-refractivity contribution < 1.29 is 18.3 Å². The average Bonchev–Trinajstić information content (AvgIpc) is 2.55. The molecule has 1 amide bonds. The molecule has 0 bridgehead atoms. The SMILES string of the molecule is COc1ccc(NC(=O)C(Sc2cc(F)ccc2F)C(C)C)cc1. The summed E-state index contributed by atoms with van der Waals surface area (Å²) in [7, 11) is 1.56. The molecule has 0 aliphatic carbocycles. The van der Waals surface area contributed by atoms with Gasteiger partial charge in [0.1, 0.15) is 17.4 Å². The Labute approximate surface area is 144 Å². The van der Waals surface area contributed by atoms with Crippen molar-refractivity contribution in [1.82, 2.24) is 0 Å². The van der Waals surface area contributed by atoms with Gasteiger partial charge in [0.15, 0.2) is 0 Å². The van der Waals surface area contributed by atoms with Crippen LogP contribution in [0.15, 0.2) is 47.4 Å². The van der Waals surface area contributed by atoms with Crippen molar-refractivity contribution in [2.75, 3.05) is 12.4 Å². The van der Waals surface area contributed by atoms with Gasteiger partial charge in [-0.15, -0.1) is 11.8 Å². The molecule has 2 rings (SSSR count). The molecule has 0 spiro atoms. The zero-order valence-corrected chi connectivity index (χ0v) is 14.5. The lowest BCUT2D eigenvalue weighted by Gasteiger charge is -2.20. The molecule has 0 radical (unpaired) electrons. The van der Waals surface area contributed by atoms with Gasteiger partial charge in [-0.1, -0.05) is 13.8 Å². The van der Waals surface area contributed by atoms with E-state index >= 15 is 0 Å². The second-order valence-corrected chi connectivity index (χ2v) is 6.76. The Kier molecular flexibility index (Phi) is 6.20. The summed E-state index contributed by atoms with van der Waals surface area (Å²) in [5, 5.41) is 2.25. The van der Waals surface area contributed by atoms with Crippen LogP contribution in [0.25, 0.3) is 0 Å². The van der Waals surface area contributed by atoms with Gasteiger partial charge in [-0.25, -0.2) is 8.78 Å². The van der Waals surface area contributed by atoms with Crippen molar-refractivity contribution in [3.63, 3.8) is 0 Å². The molecule has 24 heavy (non-hydrogen) atoms. The first kappa shape index (κ1) is 18.3. The van der Waals surface area contributed by atoms with Gasteiger partial charge >= 0.3 is 0 Å². The summed E-state index contributed by atoms with van der Waals surface area (Å²) >= 11 is 1.02. The minimum atomic E-state index is -0.552. The molecular weight excluding hydrogens is 332 g/mol. The van der Waals surface area contributed by atoms with Gasteiger partial charge in [0.05, 0.1) is 12.4 Å². The minimum Gasteiger partial charge on any atom is -0.497 e. The number of thioether (sulfide) groups is 1. The van der Waals surface area contributed by atoms with Crippen molar-refractivity contribution >= 4 is 23.4 Å². The summed E-state index contributed by atoms with van der Waals surface area (Å²) in [5.41, 5.74) is 0.617. The first-order valence-corrected chi connectivity index (χ1v) is 8.35. The number of benzene rings is 2. The summed E-state index contributed by atoms with van der Waals surface area (Å²) in [4.78, 5) is 12.7. The van der Waals surface area contributed by atoms with Crippen molar-refractivity contribution in [3.8, 4) is 5.75 Å². The van der Waals surface area contributed by atoms with E-state index in [-0.39, 0.29) is 16.7 Å². The van der Waals surface area contributed by atoms with Crippen molar-refractivity contribution in [3.05, 3.63) is 54.1 Å². The van der Waals surface area contributed by atoms with Crippen LogP contribution in [0.1, 0.15) is 13.8 Å². The van der Waals surface area contributed by atoms with Crippen LogP contribution in [0.2, 0.25) is 0 Å². The molecule has 0 fully saturated rings. The monoisotopic (exact) mass is 351 g/mol. The van der Waals surface area contributed by atoms with Crippen LogP contribution in [0.5, 0.6) is 5.75 Å². The third-order valence-corrected chi connectivity index (χ3v) is 4.95. The van der Waals surface area contributed by atoms with Crippen LogP contribution in [0.3, 0.4) is 0 Å². The van der Waals surface area contributed by atoms with Crippen molar-refractivity contribution in [2.24, 2.45) is 5.92 Å². The second kappa shape index (κ2) is 8.15. The van der Waals surface area contributed by atoms with Gasteiger partial charge in [-0.05, 0) is 48.4 Å². The smallest absolute Gasteiger partial charge is 0.238 e. The summed E-state index contributed by atoms with van der Waals surface area (Å²) in [6.07, 6.45) is 0. The fourth-order valence-electron chi connectivity index (χ4n) is 2.08. The van der Waals surface area contributed by atoms with E-state index < -0.39 is 16.9 Å². The van der Waals surface area contributed by atoms with Crippen LogP contribution in [-0.2, 0) is 4.79 Å². The molecule has 1 N–H and O–H groups in total. The Hall–Kier alpha value is -2.08. The number of methoxy groups -OCH3 is 1. The number of carbonyl (C=O) groups excluding carboxylic acids is 1. The van der Waals surface area contributed by atoms with Gasteiger partial charge in [0.2, 0.25) is 5.91 Å². The molecule has 6 heteroatoms. The van der Waals surface area contributed by atoms with Crippen LogP contribution in [-0.4, -0.2) is 18.3 Å². The molecular formula is C18H19F2NO2S. The highest BCUT2D eigenvalue weighted by Crippen LogP contribution is 2.31. The highest BCUT2D eigenvalue weighted by Gasteiger charge is 2.25. The molecule has 2 aromatic carbocycles. The quantitative estimate of drug-likeness (QED) is 0.765. The summed E-state index contributed by atoms with van der Waals surface area (Å²) in [6, 6.07) is 10.1. The lowest BCUT2D eigenvalue weighted by Crippen LogP contribution is -2.29. The highest BCUT2D eigenvalue weighted by atomic mass is 32.2. The zero-order valence-electron chi connectivity index (χ0n) is 13.7. The lowest BCUT2D eigenvalue weighted by molar-refractivity contribution is -0.116. The van der Waals surface area contributed by atoms with Crippen LogP contribution in [0.4, 0.5) is 14.5 Å². The highest BCUT2D eigenvalue weighted by molar-refractivity contribution is 8.00. The van der Waals surface area contributed by atoms with Crippen molar-refractivity contribution in [1.29, 1.82) is 0 Å². The van der Waals surface area contributed by atoms with E-state index in [1.54, 1.807) is 31.4 Å². The number of hydrogen-bond acceptors (Lipinski definition) is 3. The van der Waals surface area contributed by atoms with Gasteiger partial charge in [-0.3, -0.25) is 4.79 Å².